The molecule has 3 aliphatic carbocycles. The molecule has 0 N–H and O–H groups in total. The summed E-state index contributed by atoms with van der Waals surface area (Å²) in [5, 5.41) is 0. The fourth-order valence-electron chi connectivity index (χ4n) is 4.87. The summed E-state index contributed by atoms with van der Waals surface area (Å²) >= 11 is 4.71. The van der Waals surface area contributed by atoms with Crippen molar-refractivity contribution in [3.05, 3.63) is 0 Å². The van der Waals surface area contributed by atoms with E-state index in [0.717, 1.165) is 18.4 Å². The number of ether oxygens (including phenoxy) is 1. The van der Waals surface area contributed by atoms with Crippen LogP contribution in [0.1, 0.15) is 77.0 Å². The van der Waals surface area contributed by atoms with Gasteiger partial charge in [-0.05, 0) is 62.2 Å². The summed E-state index contributed by atoms with van der Waals surface area (Å²) in [6.07, 6.45) is 17.0. The topological polar surface area (TPSA) is 9.23 Å². The van der Waals surface area contributed by atoms with Crippen LogP contribution in [0.5, 0.6) is 0 Å². The molecule has 1 atom stereocenters. The molecule has 0 heterocycles. The van der Waals surface area contributed by atoms with Gasteiger partial charge in [-0.1, -0.05) is 32.1 Å². The van der Waals surface area contributed by atoms with Crippen molar-refractivity contribution in [1.29, 1.82) is 0 Å². The second kappa shape index (κ2) is 6.39. The summed E-state index contributed by atoms with van der Waals surface area (Å²) in [6, 6.07) is 0. The molecule has 19 heavy (non-hydrogen) atoms. The molecule has 0 amide bonds. The first-order chi connectivity index (χ1) is 9.26. The Kier molecular flexibility index (Phi) is 4.79. The Balaban J connectivity index is 1.33. The lowest BCUT2D eigenvalue weighted by Crippen LogP contribution is -2.22. The molecule has 3 fully saturated rings. The van der Waals surface area contributed by atoms with Gasteiger partial charge in [0.1, 0.15) is 5.44 Å². The van der Waals surface area contributed by atoms with Gasteiger partial charge in [0.05, 0.1) is 0 Å². The first kappa shape index (κ1) is 14.3. The van der Waals surface area contributed by atoms with Crippen LogP contribution >= 0.6 is 12.6 Å². The highest BCUT2D eigenvalue weighted by molar-refractivity contribution is 7.80. The summed E-state index contributed by atoms with van der Waals surface area (Å²) in [4.78, 5) is 0. The molecule has 3 rings (SSSR count). The lowest BCUT2D eigenvalue weighted by atomic mass is 9.81. The highest BCUT2D eigenvalue weighted by Gasteiger charge is 2.45. The molecule has 1 unspecified atom stereocenters. The van der Waals surface area contributed by atoms with E-state index in [4.69, 9.17) is 17.4 Å². The Bertz CT molecular complexity index is 277. The monoisotopic (exact) mass is 282 g/mol. The molecule has 2 heteroatoms. The van der Waals surface area contributed by atoms with Crippen LogP contribution in [-0.2, 0) is 4.74 Å². The van der Waals surface area contributed by atoms with Gasteiger partial charge in [0, 0.05) is 6.61 Å². The standard InChI is InChI=1S/C17H30OS/c19-16(13-17-9-6-15(12-17)7-10-17)18-11-8-14-4-2-1-3-5-14/h14-16,19H,1-13H2. The van der Waals surface area contributed by atoms with Crippen molar-refractivity contribution in [3.8, 4) is 0 Å². The zero-order valence-corrected chi connectivity index (χ0v) is 13.2. The van der Waals surface area contributed by atoms with Crippen LogP contribution in [0, 0.1) is 17.3 Å². The van der Waals surface area contributed by atoms with Gasteiger partial charge in [-0.3, -0.25) is 0 Å². The zero-order chi connectivity index (χ0) is 13.1. The highest BCUT2D eigenvalue weighted by Crippen LogP contribution is 2.56. The number of hydrogen-bond acceptors (Lipinski definition) is 2. The average Bonchev–Trinajstić information content (AvgIpc) is 3.00. The SMILES string of the molecule is SC(CC12CCC(CC1)C2)OCCC1CCCCC1. The maximum absolute atomic E-state index is 6.02. The van der Waals surface area contributed by atoms with Crippen LogP contribution in [-0.4, -0.2) is 12.0 Å². The molecule has 2 bridgehead atoms. The molecule has 0 saturated heterocycles. The van der Waals surface area contributed by atoms with Crippen molar-refractivity contribution in [3.63, 3.8) is 0 Å². The number of thiol groups is 1. The Morgan fingerprint density at radius 3 is 2.42 bits per heavy atom. The van der Waals surface area contributed by atoms with Crippen LogP contribution in [0.25, 0.3) is 0 Å². The first-order valence-electron chi connectivity index (χ1n) is 8.55. The van der Waals surface area contributed by atoms with E-state index in [1.54, 1.807) is 0 Å². The number of hydrogen-bond donors (Lipinski definition) is 1. The van der Waals surface area contributed by atoms with Crippen molar-refractivity contribution in [2.75, 3.05) is 6.61 Å². The highest BCUT2D eigenvalue weighted by atomic mass is 32.1. The van der Waals surface area contributed by atoms with Gasteiger partial charge in [0.25, 0.3) is 0 Å². The maximum Gasteiger partial charge on any atom is 0.100 e. The van der Waals surface area contributed by atoms with Crippen molar-refractivity contribution in [1.82, 2.24) is 0 Å². The normalized spacial score (nSPS) is 36.8. The first-order valence-corrected chi connectivity index (χ1v) is 9.07. The quantitative estimate of drug-likeness (QED) is 0.520. The minimum atomic E-state index is 0.195. The molecule has 0 spiro atoms. The van der Waals surface area contributed by atoms with Crippen molar-refractivity contribution >= 4 is 12.6 Å². The number of fused-ring (bicyclic) bond motifs is 2. The maximum atomic E-state index is 6.02. The van der Waals surface area contributed by atoms with Crippen LogP contribution < -0.4 is 0 Å². The Labute approximate surface area is 124 Å². The second-order valence-corrected chi connectivity index (χ2v) is 8.05. The van der Waals surface area contributed by atoms with E-state index in [-0.39, 0.29) is 5.44 Å². The van der Waals surface area contributed by atoms with Gasteiger partial charge in [0.15, 0.2) is 0 Å². The summed E-state index contributed by atoms with van der Waals surface area (Å²) in [7, 11) is 0. The van der Waals surface area contributed by atoms with Crippen molar-refractivity contribution in [2.45, 2.75) is 82.5 Å². The van der Waals surface area contributed by atoms with E-state index >= 15 is 0 Å². The molecular formula is C17H30OS. The third-order valence-corrected chi connectivity index (χ3v) is 6.39. The Hall–Kier alpha value is 0.310. The lowest BCUT2D eigenvalue weighted by molar-refractivity contribution is 0.0619. The minimum Gasteiger partial charge on any atom is -0.368 e. The molecule has 3 aliphatic rings. The smallest absolute Gasteiger partial charge is 0.100 e. The molecule has 0 radical (unpaired) electrons. The molecule has 0 aromatic carbocycles. The average molecular weight is 282 g/mol. The zero-order valence-electron chi connectivity index (χ0n) is 12.3. The third kappa shape index (κ3) is 3.69. The van der Waals surface area contributed by atoms with Gasteiger partial charge >= 0.3 is 0 Å². The van der Waals surface area contributed by atoms with E-state index in [2.05, 4.69) is 0 Å². The lowest BCUT2D eigenvalue weighted by Gasteiger charge is -2.29. The predicted molar refractivity (Wildman–Crippen MR) is 83.5 cm³/mol. The molecule has 3 saturated carbocycles. The predicted octanol–water partition coefficient (Wildman–Crippen LogP) is 5.20. The fraction of sp³-hybridized carbons (Fsp3) is 1.00. The van der Waals surface area contributed by atoms with Crippen LogP contribution in [0.4, 0.5) is 0 Å². The van der Waals surface area contributed by atoms with Gasteiger partial charge in [0.2, 0.25) is 0 Å². The third-order valence-electron chi connectivity index (χ3n) is 6.06. The molecule has 0 aromatic rings. The largest absolute Gasteiger partial charge is 0.368 e. The molecule has 0 aliphatic heterocycles. The van der Waals surface area contributed by atoms with E-state index in [1.165, 1.54) is 77.0 Å². The van der Waals surface area contributed by atoms with Gasteiger partial charge < -0.3 is 4.74 Å². The fourth-order valence-corrected chi connectivity index (χ4v) is 5.37. The molecular weight excluding hydrogens is 252 g/mol. The summed E-state index contributed by atoms with van der Waals surface area (Å²) < 4.78 is 6.02. The minimum absolute atomic E-state index is 0.195. The Morgan fingerprint density at radius 2 is 1.79 bits per heavy atom. The van der Waals surface area contributed by atoms with Crippen molar-refractivity contribution in [2.24, 2.45) is 17.3 Å². The molecule has 110 valence electrons. The second-order valence-electron chi connectivity index (χ2n) is 7.47. The molecule has 1 nitrogen and oxygen atoms in total. The van der Waals surface area contributed by atoms with Crippen LogP contribution in [0.3, 0.4) is 0 Å². The van der Waals surface area contributed by atoms with E-state index in [1.807, 2.05) is 0 Å². The van der Waals surface area contributed by atoms with Gasteiger partial charge in [-0.15, -0.1) is 12.6 Å². The van der Waals surface area contributed by atoms with Gasteiger partial charge in [-0.2, -0.15) is 0 Å². The van der Waals surface area contributed by atoms with Crippen molar-refractivity contribution < 1.29 is 4.74 Å². The summed E-state index contributed by atoms with van der Waals surface area (Å²) in [5.41, 5.74) is 0.822. The van der Waals surface area contributed by atoms with Gasteiger partial charge in [-0.25, -0.2) is 0 Å². The summed E-state index contributed by atoms with van der Waals surface area (Å²) in [6.45, 7) is 0.943. The van der Waals surface area contributed by atoms with Crippen LogP contribution in [0.2, 0.25) is 0 Å². The molecule has 0 aromatic heterocycles. The number of rotatable bonds is 6. The van der Waals surface area contributed by atoms with E-state index in [0.29, 0.717) is 5.41 Å². The van der Waals surface area contributed by atoms with E-state index in [9.17, 15) is 0 Å². The van der Waals surface area contributed by atoms with E-state index < -0.39 is 0 Å². The van der Waals surface area contributed by atoms with Crippen LogP contribution in [0.15, 0.2) is 0 Å². The Morgan fingerprint density at radius 1 is 1.05 bits per heavy atom. The summed E-state index contributed by atoms with van der Waals surface area (Å²) in [5.74, 6) is 1.98.